The maximum atomic E-state index is 5.67. The number of fused-ring (bicyclic) bond motifs is 6. The van der Waals surface area contributed by atoms with E-state index in [2.05, 4.69) is 224 Å². The van der Waals surface area contributed by atoms with E-state index >= 15 is 0 Å². The van der Waals surface area contributed by atoms with Gasteiger partial charge in [0.05, 0.1) is 17.8 Å². The van der Waals surface area contributed by atoms with E-state index in [1.54, 1.807) is 5.57 Å². The van der Waals surface area contributed by atoms with Crippen molar-refractivity contribution in [1.29, 1.82) is 0 Å². The van der Waals surface area contributed by atoms with E-state index in [1.807, 2.05) is 0 Å². The molecule has 1 saturated carbocycles. The molecule has 0 radical (unpaired) electrons. The van der Waals surface area contributed by atoms with Crippen molar-refractivity contribution in [2.24, 2.45) is 34.6 Å². The van der Waals surface area contributed by atoms with Gasteiger partial charge < -0.3 is 14.7 Å². The molecule has 64 heavy (non-hydrogen) atoms. The van der Waals surface area contributed by atoms with Crippen molar-refractivity contribution in [2.45, 2.75) is 76.7 Å². The minimum atomic E-state index is -0.154. The summed E-state index contributed by atoms with van der Waals surface area (Å²) < 4.78 is 0. The molecule has 0 bridgehead atoms. The van der Waals surface area contributed by atoms with Crippen molar-refractivity contribution in [1.82, 2.24) is 0 Å². The van der Waals surface area contributed by atoms with E-state index in [9.17, 15) is 0 Å². The zero-order valence-electron chi connectivity index (χ0n) is 37.3. The molecule has 2 fully saturated rings. The SMILES string of the molecule is CC1C=CC=CC1C1C(c2ccccc2)=NC(c2ccc(N3c4ccc(C5C=C6C(=CC5)N(c5ccccc5)C5C(C)CCC(C)C65)cc4C4=CC=CCC43)cc2)N1c1ccccc1. The quantitative estimate of drug-likeness (QED) is 0.163. The van der Waals surface area contributed by atoms with Crippen LogP contribution in [-0.4, -0.2) is 23.8 Å². The van der Waals surface area contributed by atoms with Crippen LogP contribution in [0.4, 0.5) is 22.7 Å². The molecular weight excluding hydrogens is 777 g/mol. The minimum Gasteiger partial charge on any atom is -0.338 e. The summed E-state index contributed by atoms with van der Waals surface area (Å²) in [4.78, 5) is 13.6. The smallest absolute Gasteiger partial charge is 0.148 e. The second kappa shape index (κ2) is 16.0. The molecule has 10 unspecified atom stereocenters. The van der Waals surface area contributed by atoms with Gasteiger partial charge in [-0.15, -0.1) is 0 Å². The molecule has 10 atom stereocenters. The summed E-state index contributed by atoms with van der Waals surface area (Å²) in [5, 5.41) is 0. The van der Waals surface area contributed by atoms with E-state index in [0.29, 0.717) is 35.6 Å². The molecule has 3 heterocycles. The molecule has 3 aliphatic heterocycles. The van der Waals surface area contributed by atoms with Crippen molar-refractivity contribution in [3.8, 4) is 0 Å². The van der Waals surface area contributed by atoms with E-state index in [0.717, 1.165) is 18.6 Å². The first-order chi connectivity index (χ1) is 31.5. The molecule has 4 aliphatic carbocycles. The van der Waals surface area contributed by atoms with Crippen LogP contribution in [0, 0.1) is 29.6 Å². The van der Waals surface area contributed by atoms with Gasteiger partial charge >= 0.3 is 0 Å². The predicted molar refractivity (Wildman–Crippen MR) is 267 cm³/mol. The number of allylic oxidation sites excluding steroid dienone is 8. The summed E-state index contributed by atoms with van der Waals surface area (Å²) in [6.07, 6.45) is 25.9. The summed E-state index contributed by atoms with van der Waals surface area (Å²) in [7, 11) is 0. The average molecular weight is 835 g/mol. The van der Waals surface area contributed by atoms with Crippen LogP contribution >= 0.6 is 0 Å². The molecule has 318 valence electrons. The molecule has 0 N–H and O–H groups in total. The molecule has 1 saturated heterocycles. The Hall–Kier alpha value is -6.39. The van der Waals surface area contributed by atoms with Crippen molar-refractivity contribution in [3.63, 3.8) is 0 Å². The van der Waals surface area contributed by atoms with Crippen LogP contribution in [0.15, 0.2) is 204 Å². The van der Waals surface area contributed by atoms with Crippen LogP contribution in [0.25, 0.3) is 5.57 Å². The lowest BCUT2D eigenvalue weighted by molar-refractivity contribution is 0.213. The van der Waals surface area contributed by atoms with Gasteiger partial charge in [-0.25, -0.2) is 0 Å². The second-order valence-electron chi connectivity index (χ2n) is 19.5. The van der Waals surface area contributed by atoms with Crippen LogP contribution < -0.4 is 14.7 Å². The van der Waals surface area contributed by atoms with Gasteiger partial charge in [0.25, 0.3) is 0 Å². The standard InChI is InChI=1S/C60H58N4/c1-39-17-13-14-24-49(39)59-57(42-18-7-4-8-19-42)61-60(64(59)47-22-11-6-12-23-47)43-29-33-48(34-30-43)62-53-26-16-15-25-50(53)51-37-44(31-35-54(51)62)45-32-36-55-52(38-45)56-40(2)27-28-41(3)58(56)63(55)46-20-9-5-10-21-46/h4-25,29-31,33-41,45,49,53,56,58-60H,26-28,32H2,1-3H3. The number of anilines is 4. The molecular formula is C60H58N4. The van der Waals surface area contributed by atoms with Crippen LogP contribution in [0.2, 0.25) is 0 Å². The molecule has 0 spiro atoms. The topological polar surface area (TPSA) is 22.1 Å². The zero-order chi connectivity index (χ0) is 42.9. The maximum Gasteiger partial charge on any atom is 0.148 e. The number of aliphatic imine (C=N–C) groups is 1. The van der Waals surface area contributed by atoms with Crippen LogP contribution in [0.3, 0.4) is 0 Å². The predicted octanol–water partition coefficient (Wildman–Crippen LogP) is 14.2. The highest BCUT2D eigenvalue weighted by molar-refractivity contribution is 6.08. The van der Waals surface area contributed by atoms with E-state index < -0.39 is 0 Å². The lowest BCUT2D eigenvalue weighted by atomic mass is 9.69. The van der Waals surface area contributed by atoms with Gasteiger partial charge in [-0.05, 0) is 120 Å². The van der Waals surface area contributed by atoms with Crippen molar-refractivity contribution < 1.29 is 0 Å². The molecule has 4 heteroatoms. The monoisotopic (exact) mass is 834 g/mol. The third-order valence-electron chi connectivity index (χ3n) is 15.8. The highest BCUT2D eigenvalue weighted by Crippen LogP contribution is 2.55. The fraction of sp³-hybridized carbons (Fsp3) is 0.283. The fourth-order valence-electron chi connectivity index (χ4n) is 12.7. The average Bonchev–Trinajstić information content (AvgIpc) is 4.03. The number of benzene rings is 5. The summed E-state index contributed by atoms with van der Waals surface area (Å²) in [5.41, 5.74) is 15.9. The highest BCUT2D eigenvalue weighted by Gasteiger charge is 2.50. The largest absolute Gasteiger partial charge is 0.338 e. The summed E-state index contributed by atoms with van der Waals surface area (Å²) in [6.45, 7) is 7.34. The first-order valence-corrected chi connectivity index (χ1v) is 24.0. The van der Waals surface area contributed by atoms with Crippen molar-refractivity contribution in [2.75, 3.05) is 14.7 Å². The normalized spacial score (nSPS) is 30.0. The Labute approximate surface area is 380 Å². The molecule has 0 amide bonds. The Bertz CT molecular complexity index is 2770. The Morgan fingerprint density at radius 3 is 2.06 bits per heavy atom. The van der Waals surface area contributed by atoms with Gasteiger partial charge in [0, 0.05) is 57.8 Å². The van der Waals surface area contributed by atoms with Crippen LogP contribution in [0.5, 0.6) is 0 Å². The van der Waals surface area contributed by atoms with Crippen LogP contribution in [0.1, 0.15) is 80.8 Å². The maximum absolute atomic E-state index is 5.67. The molecule has 7 aliphatic rings. The Kier molecular flexibility index (Phi) is 9.80. The lowest BCUT2D eigenvalue weighted by Crippen LogP contribution is -2.44. The highest BCUT2D eigenvalue weighted by atomic mass is 15.3. The molecule has 12 rings (SSSR count). The zero-order valence-corrected chi connectivity index (χ0v) is 37.3. The minimum absolute atomic E-state index is 0.0847. The third kappa shape index (κ3) is 6.43. The summed E-state index contributed by atoms with van der Waals surface area (Å²) >= 11 is 0. The Morgan fingerprint density at radius 1 is 0.609 bits per heavy atom. The summed E-state index contributed by atoms with van der Waals surface area (Å²) in [6, 6.07) is 50.7. The molecule has 4 nitrogen and oxygen atoms in total. The van der Waals surface area contributed by atoms with Crippen molar-refractivity contribution in [3.05, 3.63) is 222 Å². The van der Waals surface area contributed by atoms with Crippen molar-refractivity contribution >= 4 is 34.0 Å². The Morgan fingerprint density at radius 2 is 1.30 bits per heavy atom. The number of hydrogen-bond acceptors (Lipinski definition) is 4. The lowest BCUT2D eigenvalue weighted by Gasteiger charge is -2.40. The van der Waals surface area contributed by atoms with E-state index in [4.69, 9.17) is 4.99 Å². The number of para-hydroxylation sites is 2. The molecule has 5 aromatic carbocycles. The molecule has 5 aromatic rings. The first-order valence-electron chi connectivity index (χ1n) is 24.0. The van der Waals surface area contributed by atoms with Crippen LogP contribution in [-0.2, 0) is 0 Å². The first kappa shape index (κ1) is 39.2. The van der Waals surface area contributed by atoms with E-state index in [1.165, 1.54) is 69.1 Å². The third-order valence-corrected chi connectivity index (χ3v) is 15.8. The fourth-order valence-corrected chi connectivity index (χ4v) is 12.7. The summed E-state index contributed by atoms with van der Waals surface area (Å²) in [5.74, 6) is 2.93. The van der Waals surface area contributed by atoms with E-state index in [-0.39, 0.29) is 24.2 Å². The van der Waals surface area contributed by atoms with Gasteiger partial charge in [0.2, 0.25) is 0 Å². The van der Waals surface area contributed by atoms with Gasteiger partial charge in [0.1, 0.15) is 6.17 Å². The number of rotatable bonds is 7. The van der Waals surface area contributed by atoms with Gasteiger partial charge in [-0.3, -0.25) is 4.99 Å². The van der Waals surface area contributed by atoms with Gasteiger partial charge in [-0.1, -0.05) is 160 Å². The number of hydrogen-bond donors (Lipinski definition) is 0. The molecule has 0 aromatic heterocycles. The number of nitrogens with zero attached hydrogens (tertiary/aromatic N) is 4. The van der Waals surface area contributed by atoms with Gasteiger partial charge in [0.15, 0.2) is 0 Å². The Balaban J connectivity index is 0.884. The second-order valence-corrected chi connectivity index (χ2v) is 19.5. The van der Waals surface area contributed by atoms with Gasteiger partial charge in [-0.2, -0.15) is 0 Å².